The summed E-state index contributed by atoms with van der Waals surface area (Å²) in [6.45, 7) is 8.84. The van der Waals surface area contributed by atoms with Crippen LogP contribution in [-0.2, 0) is 16.1 Å². The van der Waals surface area contributed by atoms with Crippen LogP contribution in [0.25, 0.3) is 0 Å². The highest BCUT2D eigenvalue weighted by Gasteiger charge is 2.21. The summed E-state index contributed by atoms with van der Waals surface area (Å²) in [7, 11) is 1.81. The summed E-state index contributed by atoms with van der Waals surface area (Å²) in [4.78, 5) is 28.2. The number of carbonyl (C=O) groups is 2. The Balaban J connectivity index is 1.78. The van der Waals surface area contributed by atoms with Crippen molar-refractivity contribution < 1.29 is 9.59 Å². The van der Waals surface area contributed by atoms with E-state index in [0.717, 1.165) is 18.7 Å². The van der Waals surface area contributed by atoms with Crippen molar-refractivity contribution >= 4 is 17.5 Å². The molecule has 2 amide bonds. The normalized spacial score (nSPS) is 14.8. The van der Waals surface area contributed by atoms with Gasteiger partial charge in [-0.3, -0.25) is 9.59 Å². The molecule has 1 aromatic carbocycles. The Kier molecular flexibility index (Phi) is 7.06. The zero-order chi connectivity index (χ0) is 19.2. The molecule has 0 unspecified atom stereocenters. The maximum absolute atomic E-state index is 12.3. The van der Waals surface area contributed by atoms with Crippen molar-refractivity contribution in [1.82, 2.24) is 10.2 Å². The van der Waals surface area contributed by atoms with E-state index in [1.165, 1.54) is 24.9 Å². The summed E-state index contributed by atoms with van der Waals surface area (Å²) in [5, 5.41) is 2.82. The number of hydrogen-bond acceptors (Lipinski definition) is 3. The summed E-state index contributed by atoms with van der Waals surface area (Å²) in [5.74, 6) is 0.0144. The van der Waals surface area contributed by atoms with E-state index >= 15 is 0 Å². The Bertz CT molecular complexity index is 599. The zero-order valence-electron chi connectivity index (χ0n) is 16.7. The summed E-state index contributed by atoms with van der Waals surface area (Å²) < 4.78 is 0. The number of benzene rings is 1. The number of nitrogens with one attached hydrogen (secondary N) is 1. The predicted molar refractivity (Wildman–Crippen MR) is 106 cm³/mol. The highest BCUT2D eigenvalue weighted by atomic mass is 16.2. The van der Waals surface area contributed by atoms with E-state index in [-0.39, 0.29) is 11.8 Å². The molecule has 0 bridgehead atoms. The van der Waals surface area contributed by atoms with Crippen molar-refractivity contribution in [2.75, 3.05) is 31.6 Å². The van der Waals surface area contributed by atoms with Gasteiger partial charge in [-0.25, -0.2) is 0 Å². The summed E-state index contributed by atoms with van der Waals surface area (Å²) in [6.07, 6.45) is 4.19. The van der Waals surface area contributed by atoms with Gasteiger partial charge in [-0.15, -0.1) is 0 Å². The fourth-order valence-electron chi connectivity index (χ4n) is 3.07. The minimum atomic E-state index is -0.426. The first-order valence-electron chi connectivity index (χ1n) is 9.63. The Labute approximate surface area is 157 Å². The lowest BCUT2D eigenvalue weighted by atomic mass is 9.96. The maximum Gasteiger partial charge on any atom is 0.225 e. The molecule has 1 aromatic rings. The van der Waals surface area contributed by atoms with Crippen LogP contribution >= 0.6 is 0 Å². The lowest BCUT2D eigenvalue weighted by Crippen LogP contribution is -2.37. The SMILES string of the molecule is CN(Cc1ccc(N2CCCCC2)cc1)C(=O)CCNC(=O)C(C)(C)C. The number of anilines is 1. The first kappa shape index (κ1) is 20.3. The van der Waals surface area contributed by atoms with Crippen molar-refractivity contribution in [2.24, 2.45) is 5.41 Å². The average molecular weight is 360 g/mol. The van der Waals surface area contributed by atoms with E-state index < -0.39 is 5.41 Å². The number of carbonyl (C=O) groups excluding carboxylic acids is 2. The van der Waals surface area contributed by atoms with Crippen LogP contribution in [0.4, 0.5) is 5.69 Å². The average Bonchev–Trinajstić information content (AvgIpc) is 2.62. The Hall–Kier alpha value is -2.04. The minimum absolute atomic E-state index is 0.0266. The van der Waals surface area contributed by atoms with Gasteiger partial charge in [0.25, 0.3) is 0 Å². The topological polar surface area (TPSA) is 52.6 Å². The van der Waals surface area contributed by atoms with Crippen molar-refractivity contribution in [2.45, 2.75) is 53.0 Å². The highest BCUT2D eigenvalue weighted by molar-refractivity contribution is 5.82. The molecule has 26 heavy (non-hydrogen) atoms. The zero-order valence-corrected chi connectivity index (χ0v) is 16.7. The molecule has 0 atom stereocenters. The quantitative estimate of drug-likeness (QED) is 0.849. The lowest BCUT2D eigenvalue weighted by Gasteiger charge is -2.29. The van der Waals surface area contributed by atoms with Crippen LogP contribution in [0, 0.1) is 5.41 Å². The lowest BCUT2D eigenvalue weighted by molar-refractivity contribution is -0.131. The molecule has 0 aliphatic carbocycles. The maximum atomic E-state index is 12.3. The molecular formula is C21H33N3O2. The van der Waals surface area contributed by atoms with E-state index in [2.05, 4.69) is 34.5 Å². The van der Waals surface area contributed by atoms with Gasteiger partial charge in [-0.2, -0.15) is 0 Å². The molecule has 1 aliphatic heterocycles. The van der Waals surface area contributed by atoms with Crippen LogP contribution in [0.5, 0.6) is 0 Å². The van der Waals surface area contributed by atoms with Crippen LogP contribution in [0.15, 0.2) is 24.3 Å². The van der Waals surface area contributed by atoms with E-state index in [0.29, 0.717) is 19.5 Å². The van der Waals surface area contributed by atoms with E-state index in [9.17, 15) is 9.59 Å². The van der Waals surface area contributed by atoms with Crippen molar-refractivity contribution in [3.63, 3.8) is 0 Å². The smallest absolute Gasteiger partial charge is 0.225 e. The van der Waals surface area contributed by atoms with Gasteiger partial charge in [0.15, 0.2) is 0 Å². The number of hydrogen-bond donors (Lipinski definition) is 1. The molecule has 0 radical (unpaired) electrons. The first-order valence-corrected chi connectivity index (χ1v) is 9.63. The number of piperidine rings is 1. The molecule has 144 valence electrons. The largest absolute Gasteiger partial charge is 0.372 e. The number of nitrogens with zero attached hydrogens (tertiary/aromatic N) is 2. The standard InChI is InChI=1S/C21H33N3O2/c1-21(2,3)20(26)22-13-12-19(25)23(4)16-17-8-10-18(11-9-17)24-14-6-5-7-15-24/h8-11H,5-7,12-16H2,1-4H3,(H,22,26). The fourth-order valence-corrected chi connectivity index (χ4v) is 3.07. The Morgan fingerprint density at radius 1 is 1.08 bits per heavy atom. The molecule has 0 aromatic heterocycles. The highest BCUT2D eigenvalue weighted by Crippen LogP contribution is 2.20. The van der Waals surface area contributed by atoms with Crippen molar-refractivity contribution in [3.05, 3.63) is 29.8 Å². The van der Waals surface area contributed by atoms with E-state index in [1.54, 1.807) is 4.90 Å². The monoisotopic (exact) mass is 359 g/mol. The molecule has 0 saturated carbocycles. The van der Waals surface area contributed by atoms with Gasteiger partial charge in [-0.05, 0) is 37.0 Å². The molecule has 5 nitrogen and oxygen atoms in total. The van der Waals surface area contributed by atoms with Crippen LogP contribution in [0.2, 0.25) is 0 Å². The minimum Gasteiger partial charge on any atom is -0.372 e. The van der Waals surface area contributed by atoms with Crippen LogP contribution in [0.1, 0.15) is 52.0 Å². The third kappa shape index (κ3) is 6.04. The van der Waals surface area contributed by atoms with Crippen LogP contribution in [-0.4, -0.2) is 43.4 Å². The van der Waals surface area contributed by atoms with Crippen molar-refractivity contribution in [3.8, 4) is 0 Å². The van der Waals surface area contributed by atoms with Gasteiger partial charge in [0, 0.05) is 50.7 Å². The molecule has 1 saturated heterocycles. The van der Waals surface area contributed by atoms with Gasteiger partial charge in [-0.1, -0.05) is 32.9 Å². The van der Waals surface area contributed by atoms with Gasteiger partial charge in [0.05, 0.1) is 0 Å². The second-order valence-corrected chi connectivity index (χ2v) is 8.22. The number of amides is 2. The Morgan fingerprint density at radius 3 is 2.27 bits per heavy atom. The first-order chi connectivity index (χ1) is 12.3. The summed E-state index contributed by atoms with van der Waals surface area (Å²) >= 11 is 0. The molecule has 0 spiro atoms. The van der Waals surface area contributed by atoms with Crippen molar-refractivity contribution in [1.29, 1.82) is 0 Å². The molecule has 2 rings (SSSR count). The van der Waals surface area contributed by atoms with Gasteiger partial charge >= 0.3 is 0 Å². The summed E-state index contributed by atoms with van der Waals surface area (Å²) in [5.41, 5.74) is 1.97. The van der Waals surface area contributed by atoms with Gasteiger partial charge < -0.3 is 15.1 Å². The third-order valence-electron chi connectivity index (χ3n) is 4.81. The molecule has 1 aliphatic rings. The third-order valence-corrected chi connectivity index (χ3v) is 4.81. The number of rotatable bonds is 6. The molecule has 5 heteroatoms. The predicted octanol–water partition coefficient (Wildman–Crippen LogP) is 3.19. The summed E-state index contributed by atoms with van der Waals surface area (Å²) in [6, 6.07) is 8.52. The van der Waals surface area contributed by atoms with Gasteiger partial charge in [0.2, 0.25) is 11.8 Å². The van der Waals surface area contributed by atoms with E-state index in [4.69, 9.17) is 0 Å². The second-order valence-electron chi connectivity index (χ2n) is 8.22. The molecule has 1 N–H and O–H groups in total. The Morgan fingerprint density at radius 2 is 1.69 bits per heavy atom. The molecule has 1 fully saturated rings. The molecular weight excluding hydrogens is 326 g/mol. The van der Waals surface area contributed by atoms with Crippen LogP contribution in [0.3, 0.4) is 0 Å². The second kappa shape index (κ2) is 9.06. The fraction of sp³-hybridized carbons (Fsp3) is 0.619. The molecule has 1 heterocycles. The van der Waals surface area contributed by atoms with Crippen LogP contribution < -0.4 is 10.2 Å². The van der Waals surface area contributed by atoms with E-state index in [1.807, 2.05) is 27.8 Å². The van der Waals surface area contributed by atoms with Gasteiger partial charge in [0.1, 0.15) is 0 Å².